The number of aryl methyl sites for hydroxylation is 1. The average Bonchev–Trinajstić information content (AvgIpc) is 3.10. The quantitative estimate of drug-likeness (QED) is 0.396. The molecular weight excluding hydrogens is 482 g/mol. The lowest BCUT2D eigenvalue weighted by atomic mass is 9.91. The van der Waals surface area contributed by atoms with Crippen molar-refractivity contribution < 1.29 is 24.2 Å². The Kier molecular flexibility index (Phi) is 8.83. The van der Waals surface area contributed by atoms with Crippen molar-refractivity contribution in [1.82, 2.24) is 10.6 Å². The van der Waals surface area contributed by atoms with Crippen LogP contribution in [0.3, 0.4) is 0 Å². The molecule has 2 aliphatic rings. The van der Waals surface area contributed by atoms with Crippen molar-refractivity contribution in [1.29, 1.82) is 5.26 Å². The molecule has 1 fully saturated rings. The summed E-state index contributed by atoms with van der Waals surface area (Å²) in [6, 6.07) is 15.3. The first-order valence-corrected chi connectivity index (χ1v) is 13.3. The standard InChI is InChI=1S/C30H37N3O5/c1-19(2)30(36)17-32-16-27(37-18-30)29(35)33-25(15-31)13-21-5-8-22(9-6-21)23-10-11-26-24(14-23)7-4-20(3)12-28(34)38-26/h5-6,8-11,14,19-20,25,27,32,36H,4,7,12-13,16-18H2,1-3H3,(H,33,35)/t20?,25-,27-,30-/m0/s1. The molecule has 202 valence electrons. The van der Waals surface area contributed by atoms with Gasteiger partial charge in [0.05, 0.1) is 12.7 Å². The first-order valence-electron chi connectivity index (χ1n) is 13.3. The Balaban J connectivity index is 1.38. The highest BCUT2D eigenvalue weighted by molar-refractivity contribution is 5.81. The number of carbonyl (C=O) groups is 2. The van der Waals surface area contributed by atoms with Crippen molar-refractivity contribution >= 4 is 11.9 Å². The van der Waals surface area contributed by atoms with E-state index in [-0.39, 0.29) is 30.9 Å². The minimum Gasteiger partial charge on any atom is -0.426 e. The van der Waals surface area contributed by atoms with E-state index in [2.05, 4.69) is 29.7 Å². The van der Waals surface area contributed by atoms with Gasteiger partial charge in [-0.2, -0.15) is 5.26 Å². The molecule has 2 heterocycles. The van der Waals surface area contributed by atoms with Gasteiger partial charge in [0.25, 0.3) is 5.91 Å². The number of carbonyl (C=O) groups excluding carboxylic acids is 2. The molecule has 38 heavy (non-hydrogen) atoms. The molecule has 2 aromatic carbocycles. The van der Waals surface area contributed by atoms with E-state index in [1.807, 2.05) is 50.2 Å². The average molecular weight is 520 g/mol. The van der Waals surface area contributed by atoms with E-state index >= 15 is 0 Å². The van der Waals surface area contributed by atoms with Gasteiger partial charge in [0, 0.05) is 25.9 Å². The lowest BCUT2D eigenvalue weighted by molar-refractivity contribution is -0.137. The number of hydrogen-bond donors (Lipinski definition) is 3. The van der Waals surface area contributed by atoms with Gasteiger partial charge in [-0.05, 0) is 59.1 Å². The van der Waals surface area contributed by atoms with E-state index in [0.29, 0.717) is 31.1 Å². The van der Waals surface area contributed by atoms with Crippen LogP contribution in [0.4, 0.5) is 0 Å². The van der Waals surface area contributed by atoms with Crippen LogP contribution in [-0.4, -0.2) is 54.4 Å². The summed E-state index contributed by atoms with van der Waals surface area (Å²) in [6.07, 6.45) is 1.82. The molecule has 2 aromatic rings. The van der Waals surface area contributed by atoms with Crippen molar-refractivity contribution in [3.63, 3.8) is 0 Å². The van der Waals surface area contributed by atoms with Gasteiger partial charge in [-0.25, -0.2) is 0 Å². The van der Waals surface area contributed by atoms with Gasteiger partial charge in [-0.1, -0.05) is 51.1 Å². The predicted molar refractivity (Wildman–Crippen MR) is 143 cm³/mol. The Morgan fingerprint density at radius 1 is 1.24 bits per heavy atom. The minimum absolute atomic E-state index is 0.0248. The Hall–Kier alpha value is -3.25. The number of nitriles is 1. The molecule has 8 heteroatoms. The fourth-order valence-electron chi connectivity index (χ4n) is 4.78. The number of nitrogens with one attached hydrogen (secondary N) is 2. The smallest absolute Gasteiger partial charge is 0.311 e. The maximum Gasteiger partial charge on any atom is 0.311 e. The Morgan fingerprint density at radius 3 is 2.68 bits per heavy atom. The zero-order chi connectivity index (χ0) is 27.3. The van der Waals surface area contributed by atoms with Gasteiger partial charge in [-0.15, -0.1) is 0 Å². The summed E-state index contributed by atoms with van der Waals surface area (Å²) in [5.74, 6) is 0.346. The Labute approximate surface area is 224 Å². The van der Waals surface area contributed by atoms with Crippen LogP contribution in [0.15, 0.2) is 42.5 Å². The third-order valence-electron chi connectivity index (χ3n) is 7.57. The second-order valence-electron chi connectivity index (χ2n) is 10.9. The van der Waals surface area contributed by atoms with Crippen LogP contribution in [-0.2, 0) is 27.2 Å². The normalized spacial score (nSPS) is 24.7. The van der Waals surface area contributed by atoms with E-state index in [9.17, 15) is 20.0 Å². The molecule has 1 amide bonds. The Morgan fingerprint density at radius 2 is 1.97 bits per heavy atom. The van der Waals surface area contributed by atoms with Gasteiger partial charge in [0.2, 0.25) is 0 Å². The van der Waals surface area contributed by atoms with E-state index in [4.69, 9.17) is 9.47 Å². The van der Waals surface area contributed by atoms with E-state index < -0.39 is 17.7 Å². The summed E-state index contributed by atoms with van der Waals surface area (Å²) >= 11 is 0. The molecule has 2 aliphatic heterocycles. The van der Waals surface area contributed by atoms with Crippen molar-refractivity contribution in [2.45, 2.75) is 64.2 Å². The van der Waals surface area contributed by atoms with Crippen LogP contribution in [0.5, 0.6) is 5.75 Å². The molecule has 0 saturated carbocycles. The first kappa shape index (κ1) is 27.8. The summed E-state index contributed by atoms with van der Waals surface area (Å²) in [7, 11) is 0. The second-order valence-corrected chi connectivity index (χ2v) is 10.9. The van der Waals surface area contributed by atoms with Gasteiger partial charge in [-0.3, -0.25) is 9.59 Å². The van der Waals surface area contributed by atoms with Crippen LogP contribution in [0.25, 0.3) is 11.1 Å². The van der Waals surface area contributed by atoms with Crippen LogP contribution in [0.2, 0.25) is 0 Å². The molecule has 8 nitrogen and oxygen atoms in total. The molecule has 4 atom stereocenters. The van der Waals surface area contributed by atoms with E-state index in [1.165, 1.54) is 0 Å². The monoisotopic (exact) mass is 519 g/mol. The minimum atomic E-state index is -1.04. The number of rotatable bonds is 6. The van der Waals surface area contributed by atoms with Gasteiger partial charge >= 0.3 is 5.97 Å². The summed E-state index contributed by atoms with van der Waals surface area (Å²) in [5.41, 5.74) is 2.96. The maximum absolute atomic E-state index is 12.8. The topological polar surface area (TPSA) is 121 Å². The number of ether oxygens (including phenoxy) is 2. The van der Waals surface area contributed by atoms with Gasteiger partial charge < -0.3 is 25.2 Å². The number of esters is 1. The molecule has 4 rings (SSSR count). The fraction of sp³-hybridized carbons (Fsp3) is 0.500. The lowest BCUT2D eigenvalue weighted by Crippen LogP contribution is -2.46. The number of β-amino-alcohol motifs (C(OH)–C–C–N with tert-alkyl or cyclic N) is 1. The number of fused-ring (bicyclic) bond motifs is 1. The van der Waals surface area contributed by atoms with Crippen LogP contribution < -0.4 is 15.4 Å². The Bertz CT molecular complexity index is 1190. The highest BCUT2D eigenvalue weighted by atomic mass is 16.5. The third-order valence-corrected chi connectivity index (χ3v) is 7.57. The maximum atomic E-state index is 12.8. The summed E-state index contributed by atoms with van der Waals surface area (Å²) in [5, 5.41) is 26.2. The summed E-state index contributed by atoms with van der Waals surface area (Å²) in [6.45, 7) is 6.56. The van der Waals surface area contributed by atoms with Gasteiger partial charge in [0.15, 0.2) is 0 Å². The van der Waals surface area contributed by atoms with E-state index in [0.717, 1.165) is 35.1 Å². The lowest BCUT2D eigenvalue weighted by Gasteiger charge is -2.30. The molecule has 0 aromatic heterocycles. The number of amides is 1. The summed E-state index contributed by atoms with van der Waals surface area (Å²) < 4.78 is 11.3. The third kappa shape index (κ3) is 6.79. The largest absolute Gasteiger partial charge is 0.426 e. The molecule has 0 aliphatic carbocycles. The van der Waals surface area contributed by atoms with Crippen molar-refractivity contribution in [2.75, 3.05) is 19.7 Å². The highest BCUT2D eigenvalue weighted by Gasteiger charge is 2.36. The van der Waals surface area contributed by atoms with E-state index in [1.54, 1.807) is 0 Å². The van der Waals surface area contributed by atoms with Crippen LogP contribution in [0.1, 0.15) is 44.7 Å². The molecule has 0 radical (unpaired) electrons. The molecular formula is C30H37N3O5. The summed E-state index contributed by atoms with van der Waals surface area (Å²) in [4.78, 5) is 24.8. The fourth-order valence-corrected chi connectivity index (χ4v) is 4.78. The molecule has 3 N–H and O–H groups in total. The molecule has 0 bridgehead atoms. The molecule has 1 saturated heterocycles. The number of nitrogens with zero attached hydrogens (tertiary/aromatic N) is 1. The van der Waals surface area contributed by atoms with Crippen molar-refractivity contribution in [3.8, 4) is 22.9 Å². The van der Waals surface area contributed by atoms with Gasteiger partial charge in [0.1, 0.15) is 23.5 Å². The molecule has 1 unspecified atom stereocenters. The van der Waals surface area contributed by atoms with Crippen molar-refractivity contribution in [2.24, 2.45) is 11.8 Å². The second kappa shape index (κ2) is 12.1. The molecule has 0 spiro atoms. The van der Waals surface area contributed by atoms with Crippen molar-refractivity contribution in [3.05, 3.63) is 53.6 Å². The zero-order valence-corrected chi connectivity index (χ0v) is 22.3. The number of hydrogen-bond acceptors (Lipinski definition) is 7. The highest BCUT2D eigenvalue weighted by Crippen LogP contribution is 2.31. The number of aliphatic hydroxyl groups is 1. The first-order chi connectivity index (χ1) is 18.2. The van der Waals surface area contributed by atoms with Crippen LogP contribution in [0, 0.1) is 23.2 Å². The van der Waals surface area contributed by atoms with Crippen LogP contribution >= 0.6 is 0 Å². The predicted octanol–water partition coefficient (Wildman–Crippen LogP) is 3.16. The zero-order valence-electron chi connectivity index (χ0n) is 22.3. The number of benzene rings is 2. The SMILES string of the molecule is CC1CCc2cc(-c3ccc(C[C@@H](C#N)NC(=O)[C@@H]4CNC[C@@](O)(C(C)C)CO4)cc3)ccc2OC(=O)C1.